The first-order chi connectivity index (χ1) is 13.8. The normalized spacial score (nSPS) is 21.6. The van der Waals surface area contributed by atoms with Gasteiger partial charge in [-0.3, -0.25) is 4.90 Å². The summed E-state index contributed by atoms with van der Waals surface area (Å²) in [7, 11) is 0. The van der Waals surface area contributed by atoms with Gasteiger partial charge in [-0.1, -0.05) is 60.7 Å². The van der Waals surface area contributed by atoms with E-state index in [-0.39, 0.29) is 12.1 Å². The Hall–Kier alpha value is -2.37. The molecule has 1 fully saturated rings. The predicted molar refractivity (Wildman–Crippen MR) is 114 cm³/mol. The number of nitrogens with zero attached hydrogens (tertiary/aromatic N) is 1. The Morgan fingerprint density at radius 3 is 2.28 bits per heavy atom. The molecular formula is C24H32N2O3. The largest absolute Gasteiger partial charge is 0.444 e. The van der Waals surface area contributed by atoms with Gasteiger partial charge in [0.2, 0.25) is 0 Å². The van der Waals surface area contributed by atoms with Crippen LogP contribution in [0.25, 0.3) is 0 Å². The summed E-state index contributed by atoms with van der Waals surface area (Å²) in [6.07, 6.45) is 0.763. The van der Waals surface area contributed by atoms with Crippen molar-refractivity contribution in [3.63, 3.8) is 0 Å². The molecule has 29 heavy (non-hydrogen) atoms. The summed E-state index contributed by atoms with van der Waals surface area (Å²) >= 11 is 0. The fraction of sp³-hybridized carbons (Fsp3) is 0.458. The van der Waals surface area contributed by atoms with E-state index in [2.05, 4.69) is 0 Å². The van der Waals surface area contributed by atoms with E-state index < -0.39 is 23.8 Å². The minimum Gasteiger partial charge on any atom is -0.444 e. The lowest BCUT2D eigenvalue weighted by molar-refractivity contribution is -0.00885. The number of hydrogen-bond acceptors (Lipinski definition) is 4. The van der Waals surface area contributed by atoms with Crippen LogP contribution in [0.5, 0.6) is 0 Å². The molecule has 1 heterocycles. The standard InChI is InChI=1S/C24H32N2O3/c1-24(2,3)29-23(28)26-20(18-12-8-5-9-13-18)14-15-21(26)22(27)19(25)16-17-10-6-4-7-11-17/h4-13,19-22,27H,14-16,25H2,1-3H3/t19-,20?,21?,22-/m0/s1. The van der Waals surface area contributed by atoms with Crippen LogP contribution in [-0.4, -0.2) is 39.9 Å². The van der Waals surface area contributed by atoms with Gasteiger partial charge >= 0.3 is 6.09 Å². The summed E-state index contributed by atoms with van der Waals surface area (Å²) in [5.74, 6) is 0. The van der Waals surface area contributed by atoms with Crippen molar-refractivity contribution in [2.24, 2.45) is 5.73 Å². The molecule has 0 bridgehead atoms. The Labute approximate surface area is 173 Å². The molecule has 1 aliphatic rings. The molecule has 0 aliphatic carbocycles. The molecular weight excluding hydrogens is 364 g/mol. The van der Waals surface area contributed by atoms with Crippen molar-refractivity contribution < 1.29 is 14.6 Å². The molecule has 4 atom stereocenters. The molecule has 1 amide bonds. The number of aliphatic hydroxyl groups is 1. The van der Waals surface area contributed by atoms with Gasteiger partial charge in [-0.05, 0) is 51.2 Å². The number of rotatable bonds is 5. The SMILES string of the molecule is CC(C)(C)OC(=O)N1C(c2ccccc2)CCC1[C@@H](O)[C@@H](N)Cc1ccccc1. The van der Waals surface area contributed by atoms with Gasteiger partial charge in [-0.25, -0.2) is 4.79 Å². The third-order valence-electron chi connectivity index (χ3n) is 5.36. The molecule has 0 radical (unpaired) electrons. The Balaban J connectivity index is 1.82. The molecule has 2 aromatic carbocycles. The summed E-state index contributed by atoms with van der Waals surface area (Å²) in [4.78, 5) is 14.8. The van der Waals surface area contributed by atoms with Gasteiger partial charge in [0.15, 0.2) is 0 Å². The van der Waals surface area contributed by atoms with E-state index in [1.54, 1.807) is 4.90 Å². The zero-order valence-corrected chi connectivity index (χ0v) is 17.5. The Morgan fingerprint density at radius 1 is 1.10 bits per heavy atom. The Kier molecular flexibility index (Phi) is 6.60. The van der Waals surface area contributed by atoms with Crippen LogP contribution in [0.15, 0.2) is 60.7 Å². The van der Waals surface area contributed by atoms with Gasteiger partial charge in [0.25, 0.3) is 0 Å². The molecule has 5 nitrogen and oxygen atoms in total. The van der Waals surface area contributed by atoms with E-state index in [9.17, 15) is 9.90 Å². The highest BCUT2D eigenvalue weighted by Gasteiger charge is 2.44. The second-order valence-corrected chi connectivity index (χ2v) is 8.80. The van der Waals surface area contributed by atoms with Crippen LogP contribution >= 0.6 is 0 Å². The van der Waals surface area contributed by atoms with E-state index in [1.165, 1.54) is 0 Å². The number of hydrogen-bond donors (Lipinski definition) is 2. The van der Waals surface area contributed by atoms with Crippen molar-refractivity contribution in [2.45, 2.75) is 69.9 Å². The van der Waals surface area contributed by atoms with E-state index in [0.29, 0.717) is 12.8 Å². The highest BCUT2D eigenvalue weighted by molar-refractivity contribution is 5.70. The first-order valence-corrected chi connectivity index (χ1v) is 10.3. The van der Waals surface area contributed by atoms with Crippen LogP contribution in [0.1, 0.15) is 50.8 Å². The topological polar surface area (TPSA) is 75.8 Å². The van der Waals surface area contributed by atoms with E-state index >= 15 is 0 Å². The fourth-order valence-corrected chi connectivity index (χ4v) is 4.05. The highest BCUT2D eigenvalue weighted by Crippen LogP contribution is 2.39. The molecule has 3 rings (SSSR count). The average Bonchev–Trinajstić information content (AvgIpc) is 3.13. The zero-order valence-electron chi connectivity index (χ0n) is 17.5. The van der Waals surface area contributed by atoms with Gasteiger partial charge in [0, 0.05) is 6.04 Å². The number of carbonyl (C=O) groups is 1. The van der Waals surface area contributed by atoms with Gasteiger partial charge in [-0.2, -0.15) is 0 Å². The van der Waals surface area contributed by atoms with Gasteiger partial charge in [-0.15, -0.1) is 0 Å². The first kappa shape index (κ1) is 21.3. The van der Waals surface area contributed by atoms with E-state index in [4.69, 9.17) is 10.5 Å². The molecule has 0 saturated carbocycles. The van der Waals surface area contributed by atoms with E-state index in [0.717, 1.165) is 17.5 Å². The van der Waals surface area contributed by atoms with Crippen LogP contribution in [0.4, 0.5) is 4.79 Å². The smallest absolute Gasteiger partial charge is 0.411 e. The Bertz CT molecular complexity index is 789. The minimum atomic E-state index is -0.837. The predicted octanol–water partition coefficient (Wildman–Crippen LogP) is 4.06. The van der Waals surface area contributed by atoms with Crippen molar-refractivity contribution in [3.05, 3.63) is 71.8 Å². The zero-order chi connectivity index (χ0) is 21.0. The maximum atomic E-state index is 13.1. The van der Waals surface area contributed by atoms with Crippen LogP contribution in [0.3, 0.4) is 0 Å². The molecule has 156 valence electrons. The molecule has 5 heteroatoms. The molecule has 0 aromatic heterocycles. The second kappa shape index (κ2) is 8.97. The molecule has 2 aromatic rings. The summed E-state index contributed by atoms with van der Waals surface area (Å²) < 4.78 is 5.69. The molecule has 1 aliphatic heterocycles. The average molecular weight is 397 g/mol. The molecule has 0 spiro atoms. The summed E-state index contributed by atoms with van der Waals surface area (Å²) in [5, 5.41) is 11.1. The highest BCUT2D eigenvalue weighted by atomic mass is 16.6. The third kappa shape index (κ3) is 5.37. The number of likely N-dealkylation sites (tertiary alicyclic amines) is 1. The lowest BCUT2D eigenvalue weighted by atomic mass is 9.96. The van der Waals surface area contributed by atoms with Gasteiger partial charge in [0.1, 0.15) is 5.60 Å². The van der Waals surface area contributed by atoms with Crippen LogP contribution in [0.2, 0.25) is 0 Å². The minimum absolute atomic E-state index is 0.130. The Morgan fingerprint density at radius 2 is 1.69 bits per heavy atom. The van der Waals surface area contributed by atoms with Crippen LogP contribution in [0, 0.1) is 0 Å². The van der Waals surface area contributed by atoms with Crippen molar-refractivity contribution in [2.75, 3.05) is 0 Å². The molecule has 3 N–H and O–H groups in total. The van der Waals surface area contributed by atoms with Crippen molar-refractivity contribution in [3.8, 4) is 0 Å². The van der Waals surface area contributed by atoms with Crippen molar-refractivity contribution in [1.82, 2.24) is 4.90 Å². The summed E-state index contributed by atoms with van der Waals surface area (Å²) in [6, 6.07) is 18.8. The number of aliphatic hydroxyl groups excluding tert-OH is 1. The van der Waals surface area contributed by atoms with Gasteiger partial charge in [0.05, 0.1) is 18.2 Å². The molecule has 2 unspecified atom stereocenters. The maximum absolute atomic E-state index is 13.1. The fourth-order valence-electron chi connectivity index (χ4n) is 4.05. The second-order valence-electron chi connectivity index (χ2n) is 8.80. The number of carbonyl (C=O) groups excluding carboxylic acids is 1. The number of nitrogens with two attached hydrogens (primary N) is 1. The lowest BCUT2D eigenvalue weighted by Gasteiger charge is -2.36. The third-order valence-corrected chi connectivity index (χ3v) is 5.36. The van der Waals surface area contributed by atoms with E-state index in [1.807, 2.05) is 81.4 Å². The lowest BCUT2D eigenvalue weighted by Crippen LogP contribution is -2.52. The molecule has 1 saturated heterocycles. The van der Waals surface area contributed by atoms with Crippen LogP contribution < -0.4 is 5.73 Å². The monoisotopic (exact) mass is 396 g/mol. The number of benzene rings is 2. The first-order valence-electron chi connectivity index (χ1n) is 10.3. The number of amides is 1. The summed E-state index contributed by atoms with van der Waals surface area (Å²) in [5.41, 5.74) is 7.88. The summed E-state index contributed by atoms with van der Waals surface area (Å²) in [6.45, 7) is 5.56. The van der Waals surface area contributed by atoms with Gasteiger partial charge < -0.3 is 15.6 Å². The van der Waals surface area contributed by atoms with Crippen molar-refractivity contribution in [1.29, 1.82) is 0 Å². The quantitative estimate of drug-likeness (QED) is 0.799. The van der Waals surface area contributed by atoms with Crippen LogP contribution in [-0.2, 0) is 11.2 Å². The maximum Gasteiger partial charge on any atom is 0.411 e. The van der Waals surface area contributed by atoms with Crippen molar-refractivity contribution >= 4 is 6.09 Å². The number of ether oxygens (including phenoxy) is 1.